The Morgan fingerprint density at radius 2 is 1.77 bits per heavy atom. The summed E-state index contributed by atoms with van der Waals surface area (Å²) in [6.45, 7) is 1.64. The smallest absolute Gasteiger partial charge is 0.223 e. The molecule has 0 aromatic heterocycles. The lowest BCUT2D eigenvalue weighted by Gasteiger charge is -2.33. The zero-order valence-corrected chi connectivity index (χ0v) is 14.2. The summed E-state index contributed by atoms with van der Waals surface area (Å²) in [6, 6.07) is 12.3. The van der Waals surface area contributed by atoms with Crippen LogP contribution in [0.25, 0.3) is 0 Å². The summed E-state index contributed by atoms with van der Waals surface area (Å²) < 4.78 is 26.2. The molecule has 0 aliphatic carbocycles. The third-order valence-corrected chi connectivity index (χ3v) is 4.67. The molecular weight excluding hydrogens is 336 g/mol. The second kappa shape index (κ2) is 7.96. The van der Waals surface area contributed by atoms with Gasteiger partial charge in [0.15, 0.2) is 0 Å². The fraction of sp³-hybridized carbons (Fsp3) is 0.300. The fourth-order valence-corrected chi connectivity index (χ4v) is 3.19. The third kappa shape index (κ3) is 4.17. The lowest BCUT2D eigenvalue weighted by Crippen LogP contribution is -2.40. The first-order valence-electron chi connectivity index (χ1n) is 8.53. The van der Waals surface area contributed by atoms with Crippen molar-refractivity contribution in [2.75, 3.05) is 18.0 Å². The molecule has 1 heterocycles. The quantitative estimate of drug-likeness (QED) is 0.915. The molecule has 2 aromatic carbocycles. The molecule has 26 heavy (non-hydrogen) atoms. The number of rotatable bonds is 4. The molecule has 0 radical (unpaired) electrons. The van der Waals surface area contributed by atoms with Crippen molar-refractivity contribution in [3.63, 3.8) is 0 Å². The van der Waals surface area contributed by atoms with Crippen LogP contribution in [0.15, 0.2) is 42.5 Å². The van der Waals surface area contributed by atoms with Gasteiger partial charge >= 0.3 is 0 Å². The van der Waals surface area contributed by atoms with E-state index in [-0.39, 0.29) is 17.6 Å². The molecule has 6 heteroatoms. The summed E-state index contributed by atoms with van der Waals surface area (Å²) in [7, 11) is 0. The number of amides is 1. The first kappa shape index (κ1) is 17.9. The Morgan fingerprint density at radius 3 is 2.42 bits per heavy atom. The predicted molar refractivity (Wildman–Crippen MR) is 94.3 cm³/mol. The van der Waals surface area contributed by atoms with Gasteiger partial charge in [-0.3, -0.25) is 4.79 Å². The van der Waals surface area contributed by atoms with E-state index in [0.717, 1.165) is 5.56 Å². The molecule has 0 saturated carbocycles. The molecule has 134 valence electrons. The average molecular weight is 355 g/mol. The second-order valence-electron chi connectivity index (χ2n) is 6.38. The molecule has 0 bridgehead atoms. The fourth-order valence-electron chi connectivity index (χ4n) is 3.19. The van der Waals surface area contributed by atoms with Gasteiger partial charge in [-0.25, -0.2) is 8.78 Å². The zero-order valence-electron chi connectivity index (χ0n) is 14.2. The summed E-state index contributed by atoms with van der Waals surface area (Å²) in [5.41, 5.74) is 1.87. The van der Waals surface area contributed by atoms with Crippen molar-refractivity contribution in [1.29, 1.82) is 5.26 Å². The van der Waals surface area contributed by atoms with Gasteiger partial charge in [0.25, 0.3) is 0 Å². The van der Waals surface area contributed by atoms with Gasteiger partial charge < -0.3 is 10.2 Å². The van der Waals surface area contributed by atoms with Gasteiger partial charge in [-0.1, -0.05) is 12.1 Å². The lowest BCUT2D eigenvalue weighted by molar-refractivity contribution is -0.125. The highest BCUT2D eigenvalue weighted by Crippen LogP contribution is 2.27. The van der Waals surface area contributed by atoms with Gasteiger partial charge in [0.2, 0.25) is 5.91 Å². The molecule has 2 aromatic rings. The van der Waals surface area contributed by atoms with Crippen molar-refractivity contribution >= 4 is 11.6 Å². The molecule has 4 nitrogen and oxygen atoms in total. The van der Waals surface area contributed by atoms with Crippen LogP contribution in [0.4, 0.5) is 14.5 Å². The molecule has 1 saturated heterocycles. The number of benzene rings is 2. The predicted octanol–water partition coefficient (Wildman–Crippen LogP) is 3.37. The third-order valence-electron chi connectivity index (χ3n) is 4.67. The summed E-state index contributed by atoms with van der Waals surface area (Å²) in [5.74, 6) is -0.850. The number of halogens is 2. The summed E-state index contributed by atoms with van der Waals surface area (Å²) in [4.78, 5) is 14.4. The number of piperidine rings is 1. The van der Waals surface area contributed by atoms with E-state index in [4.69, 9.17) is 0 Å². The van der Waals surface area contributed by atoms with Gasteiger partial charge in [0, 0.05) is 25.6 Å². The number of hydrogen-bond acceptors (Lipinski definition) is 3. The maximum absolute atomic E-state index is 13.3. The van der Waals surface area contributed by atoms with E-state index < -0.39 is 5.82 Å². The summed E-state index contributed by atoms with van der Waals surface area (Å²) in [5, 5.41) is 12.1. The molecule has 0 spiro atoms. The molecule has 1 aliphatic rings. The molecule has 3 rings (SSSR count). The number of nitriles is 1. The minimum absolute atomic E-state index is 0.0198. The molecule has 1 aliphatic heterocycles. The normalized spacial score (nSPS) is 14.7. The molecule has 1 N–H and O–H groups in total. The molecule has 0 unspecified atom stereocenters. The van der Waals surface area contributed by atoms with Crippen molar-refractivity contribution in [2.45, 2.75) is 19.4 Å². The lowest BCUT2D eigenvalue weighted by atomic mass is 9.95. The highest BCUT2D eigenvalue weighted by molar-refractivity contribution is 5.79. The van der Waals surface area contributed by atoms with Crippen LogP contribution in [0.3, 0.4) is 0 Å². The maximum atomic E-state index is 13.3. The van der Waals surface area contributed by atoms with Crippen LogP contribution < -0.4 is 10.2 Å². The Morgan fingerprint density at radius 1 is 1.12 bits per heavy atom. The van der Waals surface area contributed by atoms with Crippen LogP contribution >= 0.6 is 0 Å². The van der Waals surface area contributed by atoms with Crippen LogP contribution in [-0.4, -0.2) is 19.0 Å². The van der Waals surface area contributed by atoms with Crippen molar-refractivity contribution < 1.29 is 13.6 Å². The van der Waals surface area contributed by atoms with E-state index in [1.165, 1.54) is 24.3 Å². The Kier molecular flexibility index (Phi) is 5.47. The van der Waals surface area contributed by atoms with Crippen LogP contribution in [0, 0.1) is 28.9 Å². The molecule has 1 fully saturated rings. The standard InChI is InChI=1S/C20H19F2N3O/c21-17-3-1-14(2-4-17)13-24-20(26)15-7-9-25(10-8-15)19-6-5-18(22)11-16(19)12-23/h1-6,11,15H,7-10,13H2,(H,24,26). The highest BCUT2D eigenvalue weighted by Gasteiger charge is 2.26. The minimum atomic E-state index is -0.430. The van der Waals surface area contributed by atoms with Gasteiger partial charge in [0.05, 0.1) is 11.3 Å². The molecule has 0 atom stereocenters. The number of carbonyl (C=O) groups is 1. The topological polar surface area (TPSA) is 56.1 Å². The SMILES string of the molecule is N#Cc1cc(F)ccc1N1CCC(C(=O)NCc2ccc(F)cc2)CC1. The average Bonchev–Trinajstić information content (AvgIpc) is 2.67. The largest absolute Gasteiger partial charge is 0.370 e. The van der Waals surface area contributed by atoms with E-state index in [0.29, 0.717) is 43.7 Å². The van der Waals surface area contributed by atoms with Gasteiger partial charge in [-0.05, 0) is 48.7 Å². The van der Waals surface area contributed by atoms with Crippen molar-refractivity contribution in [3.8, 4) is 6.07 Å². The number of nitrogens with one attached hydrogen (secondary N) is 1. The Bertz CT molecular complexity index is 822. The van der Waals surface area contributed by atoms with Crippen LogP contribution in [0.1, 0.15) is 24.0 Å². The first-order valence-corrected chi connectivity index (χ1v) is 8.53. The number of carbonyl (C=O) groups excluding carboxylic acids is 1. The molecular formula is C20H19F2N3O. The van der Waals surface area contributed by atoms with E-state index in [2.05, 4.69) is 5.32 Å². The van der Waals surface area contributed by atoms with E-state index in [9.17, 15) is 18.8 Å². The molecule has 1 amide bonds. The van der Waals surface area contributed by atoms with Crippen LogP contribution in [0.2, 0.25) is 0 Å². The Balaban J connectivity index is 1.54. The number of anilines is 1. The van der Waals surface area contributed by atoms with Crippen molar-refractivity contribution in [1.82, 2.24) is 5.32 Å². The second-order valence-corrected chi connectivity index (χ2v) is 6.38. The monoisotopic (exact) mass is 355 g/mol. The summed E-state index contributed by atoms with van der Waals surface area (Å²) >= 11 is 0. The van der Waals surface area contributed by atoms with Crippen LogP contribution in [0.5, 0.6) is 0 Å². The van der Waals surface area contributed by atoms with E-state index >= 15 is 0 Å². The van der Waals surface area contributed by atoms with Gasteiger partial charge in [-0.15, -0.1) is 0 Å². The van der Waals surface area contributed by atoms with E-state index in [1.807, 2.05) is 11.0 Å². The van der Waals surface area contributed by atoms with Crippen molar-refractivity contribution in [3.05, 3.63) is 65.2 Å². The van der Waals surface area contributed by atoms with E-state index in [1.54, 1.807) is 18.2 Å². The highest BCUT2D eigenvalue weighted by atomic mass is 19.1. The maximum Gasteiger partial charge on any atom is 0.223 e. The number of hydrogen-bond donors (Lipinski definition) is 1. The number of nitrogens with zero attached hydrogens (tertiary/aromatic N) is 2. The van der Waals surface area contributed by atoms with Gasteiger partial charge in [0.1, 0.15) is 17.7 Å². The first-order chi connectivity index (χ1) is 12.6. The Hall–Kier alpha value is -2.94. The zero-order chi connectivity index (χ0) is 18.5. The summed E-state index contributed by atoms with van der Waals surface area (Å²) in [6.07, 6.45) is 1.33. The Labute approximate surface area is 151 Å². The minimum Gasteiger partial charge on any atom is -0.370 e. The van der Waals surface area contributed by atoms with Crippen molar-refractivity contribution in [2.24, 2.45) is 5.92 Å². The van der Waals surface area contributed by atoms with Gasteiger partial charge in [-0.2, -0.15) is 5.26 Å². The van der Waals surface area contributed by atoms with Crippen LogP contribution in [-0.2, 0) is 11.3 Å².